The highest BCUT2D eigenvalue weighted by Crippen LogP contribution is 2.42. The zero-order chi connectivity index (χ0) is 23.5. The van der Waals surface area contributed by atoms with Gasteiger partial charge in [-0.15, -0.1) is 0 Å². The maximum absolute atomic E-state index is 11.7. The molecule has 174 valence electrons. The molecule has 1 aliphatic rings. The topological polar surface area (TPSA) is 65.0 Å². The summed E-state index contributed by atoms with van der Waals surface area (Å²) in [5.74, 6) is 1.70. The van der Waals surface area contributed by atoms with Crippen molar-refractivity contribution in [2.45, 2.75) is 110 Å². The Morgan fingerprint density at radius 1 is 1.23 bits per heavy atom. The molecule has 1 heterocycles. The van der Waals surface area contributed by atoms with Crippen molar-refractivity contribution in [2.75, 3.05) is 0 Å². The van der Waals surface area contributed by atoms with Crippen molar-refractivity contribution in [3.05, 3.63) is 0 Å². The van der Waals surface area contributed by atoms with Crippen molar-refractivity contribution >= 4 is 30.2 Å². The van der Waals surface area contributed by atoms with Gasteiger partial charge in [0.25, 0.3) is 0 Å². The first-order chi connectivity index (χ1) is 13.5. The molecule has 0 aliphatic carbocycles. The summed E-state index contributed by atoms with van der Waals surface area (Å²) in [6, 6.07) is 0. The molecule has 1 rings (SSSR count). The third-order valence-corrected chi connectivity index (χ3v) is 11.4. The van der Waals surface area contributed by atoms with Crippen LogP contribution in [0.5, 0.6) is 0 Å². The zero-order valence-corrected chi connectivity index (χ0v) is 22.9. The van der Waals surface area contributed by atoms with E-state index in [0.29, 0.717) is 0 Å². The van der Waals surface area contributed by atoms with Crippen LogP contribution in [-0.2, 0) is 18.7 Å². The van der Waals surface area contributed by atoms with E-state index in [9.17, 15) is 9.90 Å². The standard InChI is InChI=1S/C23H41BrO5Si/c1-15(12-11-13-24)20-17(3)21(28-23(7,8)27-20)16(2)18(14-19(25)26)29-30(9,10)22(4,5)6/h15-18,20-21H,12,14H2,1-10H3,(H,25,26)/t15-,16+,17-,18+,20+,21-/m0/s1. The largest absolute Gasteiger partial charge is 0.481 e. The van der Waals surface area contributed by atoms with Gasteiger partial charge in [-0.2, -0.15) is 0 Å². The molecule has 0 bridgehead atoms. The Morgan fingerprint density at radius 2 is 1.77 bits per heavy atom. The average molecular weight is 506 g/mol. The molecule has 5 nitrogen and oxygen atoms in total. The third-order valence-electron chi connectivity index (χ3n) is 6.66. The number of ether oxygens (including phenoxy) is 2. The number of rotatable bonds is 8. The van der Waals surface area contributed by atoms with Gasteiger partial charge in [0.2, 0.25) is 0 Å². The molecule has 1 saturated heterocycles. The molecule has 6 atom stereocenters. The van der Waals surface area contributed by atoms with Crippen LogP contribution in [0.4, 0.5) is 0 Å². The molecule has 0 aromatic carbocycles. The highest BCUT2D eigenvalue weighted by molar-refractivity contribution is 9.12. The van der Waals surface area contributed by atoms with Crippen LogP contribution in [-0.4, -0.2) is 43.5 Å². The molecule has 30 heavy (non-hydrogen) atoms. The predicted octanol–water partition coefficient (Wildman–Crippen LogP) is 6.03. The monoisotopic (exact) mass is 504 g/mol. The maximum Gasteiger partial charge on any atom is 0.305 e. The first kappa shape index (κ1) is 27.6. The molecule has 0 spiro atoms. The average Bonchev–Trinajstić information content (AvgIpc) is 2.58. The maximum atomic E-state index is 11.7. The van der Waals surface area contributed by atoms with Gasteiger partial charge in [-0.3, -0.25) is 4.79 Å². The van der Waals surface area contributed by atoms with Crippen LogP contribution in [0, 0.1) is 28.5 Å². The summed E-state index contributed by atoms with van der Waals surface area (Å²) < 4.78 is 19.3. The second kappa shape index (κ2) is 10.5. The van der Waals surface area contributed by atoms with Gasteiger partial charge in [0, 0.05) is 34.2 Å². The van der Waals surface area contributed by atoms with Crippen molar-refractivity contribution in [2.24, 2.45) is 17.8 Å². The normalized spacial score (nSPS) is 27.5. The van der Waals surface area contributed by atoms with E-state index in [1.807, 2.05) is 13.8 Å². The van der Waals surface area contributed by atoms with Gasteiger partial charge in [-0.25, -0.2) is 0 Å². The van der Waals surface area contributed by atoms with Crippen molar-refractivity contribution in [1.82, 2.24) is 0 Å². The lowest BCUT2D eigenvalue weighted by Crippen LogP contribution is -2.57. The molecular weight excluding hydrogens is 464 g/mol. The van der Waals surface area contributed by atoms with Crippen molar-refractivity contribution in [3.63, 3.8) is 0 Å². The molecule has 1 N–H and O–H groups in total. The summed E-state index contributed by atoms with van der Waals surface area (Å²) in [7, 11) is -2.15. The van der Waals surface area contributed by atoms with Crippen molar-refractivity contribution in [3.8, 4) is 10.8 Å². The molecule has 1 aliphatic heterocycles. The molecule has 0 aromatic rings. The van der Waals surface area contributed by atoms with E-state index in [1.54, 1.807) is 0 Å². The van der Waals surface area contributed by atoms with Gasteiger partial charge in [-0.1, -0.05) is 47.5 Å². The van der Waals surface area contributed by atoms with Gasteiger partial charge >= 0.3 is 5.97 Å². The van der Waals surface area contributed by atoms with Crippen LogP contribution in [0.1, 0.15) is 68.2 Å². The number of carboxylic acids is 1. The molecule has 1 fully saturated rings. The molecule has 7 heteroatoms. The lowest BCUT2D eigenvalue weighted by molar-refractivity contribution is -0.337. The minimum absolute atomic E-state index is 0.00368. The third kappa shape index (κ3) is 7.34. The second-order valence-corrected chi connectivity index (χ2v) is 15.9. The Morgan fingerprint density at radius 3 is 2.23 bits per heavy atom. The fourth-order valence-corrected chi connectivity index (χ4v) is 5.47. The van der Waals surface area contributed by atoms with E-state index >= 15 is 0 Å². The highest BCUT2D eigenvalue weighted by Gasteiger charge is 2.48. The molecule has 0 aromatic heterocycles. The summed E-state index contributed by atoms with van der Waals surface area (Å²) in [6.07, 6.45) is 0.0657. The summed E-state index contributed by atoms with van der Waals surface area (Å²) in [5.41, 5.74) is 0. The number of hydrogen-bond donors (Lipinski definition) is 1. The predicted molar refractivity (Wildman–Crippen MR) is 127 cm³/mol. The Balaban J connectivity index is 3.19. The summed E-state index contributed by atoms with van der Waals surface area (Å²) in [6.45, 7) is 21.0. The second-order valence-electron chi connectivity index (χ2n) is 10.8. The van der Waals surface area contributed by atoms with E-state index in [-0.39, 0.29) is 41.4 Å². The van der Waals surface area contributed by atoms with Gasteiger partial charge in [0.1, 0.15) is 0 Å². The van der Waals surface area contributed by atoms with Crippen LogP contribution < -0.4 is 0 Å². The minimum atomic E-state index is -2.15. The van der Waals surface area contributed by atoms with E-state index in [0.717, 1.165) is 6.42 Å². The highest BCUT2D eigenvalue weighted by atomic mass is 79.9. The Bertz CT molecular complexity index is 646. The van der Waals surface area contributed by atoms with Crippen LogP contribution in [0.15, 0.2) is 0 Å². The summed E-state index contributed by atoms with van der Waals surface area (Å²) in [5, 5.41) is 9.58. The molecule has 0 radical (unpaired) electrons. The Labute approximate surface area is 192 Å². The van der Waals surface area contributed by atoms with Crippen molar-refractivity contribution in [1.29, 1.82) is 0 Å². The fraction of sp³-hybridized carbons (Fsp3) is 0.870. The van der Waals surface area contributed by atoms with Gasteiger partial charge in [0.15, 0.2) is 14.1 Å². The molecule has 0 unspecified atom stereocenters. The van der Waals surface area contributed by atoms with Crippen molar-refractivity contribution < 1.29 is 23.8 Å². The van der Waals surface area contributed by atoms with Gasteiger partial charge in [-0.05, 0) is 42.7 Å². The zero-order valence-electron chi connectivity index (χ0n) is 20.3. The van der Waals surface area contributed by atoms with E-state index in [1.165, 1.54) is 0 Å². The Hall–Kier alpha value is -0.393. The smallest absolute Gasteiger partial charge is 0.305 e. The number of carboxylic acid groups (broad SMARTS) is 1. The number of hydrogen-bond acceptors (Lipinski definition) is 4. The minimum Gasteiger partial charge on any atom is -0.481 e. The quantitative estimate of drug-likeness (QED) is 0.323. The van der Waals surface area contributed by atoms with Gasteiger partial charge < -0.3 is 19.0 Å². The van der Waals surface area contributed by atoms with Gasteiger partial charge in [0.05, 0.1) is 24.7 Å². The fourth-order valence-electron chi connectivity index (χ4n) is 3.89. The van der Waals surface area contributed by atoms with Crippen LogP contribution >= 0.6 is 15.9 Å². The van der Waals surface area contributed by atoms with Crippen LogP contribution in [0.3, 0.4) is 0 Å². The van der Waals surface area contributed by atoms with Crippen LogP contribution in [0.2, 0.25) is 18.1 Å². The first-order valence-electron chi connectivity index (χ1n) is 10.9. The summed E-state index contributed by atoms with van der Waals surface area (Å²) >= 11 is 3.17. The molecule has 0 amide bonds. The molecular formula is C23H41BrO5Si. The number of carbonyl (C=O) groups is 1. The number of aliphatic carboxylic acids is 1. The number of halogens is 1. The lowest BCUT2D eigenvalue weighted by Gasteiger charge is -2.50. The van der Waals surface area contributed by atoms with Crippen LogP contribution in [0.25, 0.3) is 0 Å². The first-order valence-corrected chi connectivity index (χ1v) is 14.6. The van der Waals surface area contributed by atoms with E-state index in [2.05, 4.69) is 81.3 Å². The molecule has 0 saturated carbocycles. The SMILES string of the molecule is C[C@@H]1[C@H]([C@H](C)[C@@H](CC(=O)O)O[Si](C)(C)C(C)(C)C)OC(C)(C)O[C@@H]1[C@@H](C)CC#CBr. The lowest BCUT2D eigenvalue weighted by atomic mass is 9.79. The summed E-state index contributed by atoms with van der Waals surface area (Å²) in [4.78, 5) is 14.5. The van der Waals surface area contributed by atoms with E-state index < -0.39 is 26.2 Å². The Kier molecular flexibility index (Phi) is 9.66. The van der Waals surface area contributed by atoms with E-state index in [4.69, 9.17) is 13.9 Å².